The molecule has 1 saturated heterocycles. The third-order valence-electron chi connectivity index (χ3n) is 5.14. The summed E-state index contributed by atoms with van der Waals surface area (Å²) in [7, 11) is 0. The van der Waals surface area contributed by atoms with E-state index in [0.717, 1.165) is 40.8 Å². The lowest BCUT2D eigenvalue weighted by Crippen LogP contribution is -2.49. The zero-order valence-corrected chi connectivity index (χ0v) is 16.1. The van der Waals surface area contributed by atoms with Gasteiger partial charge in [0.15, 0.2) is 0 Å². The van der Waals surface area contributed by atoms with Gasteiger partial charge in [-0.05, 0) is 26.0 Å². The van der Waals surface area contributed by atoms with Crippen molar-refractivity contribution in [3.8, 4) is 0 Å². The highest BCUT2D eigenvalue weighted by molar-refractivity contribution is 6.33. The number of amides is 1. The van der Waals surface area contributed by atoms with Crippen molar-refractivity contribution >= 4 is 29.0 Å². The van der Waals surface area contributed by atoms with Gasteiger partial charge in [-0.3, -0.25) is 4.79 Å². The van der Waals surface area contributed by atoms with Crippen molar-refractivity contribution in [2.24, 2.45) is 0 Å². The molecule has 1 amide bonds. The summed E-state index contributed by atoms with van der Waals surface area (Å²) in [6.45, 7) is 6.78. The fourth-order valence-electron chi connectivity index (χ4n) is 3.58. The number of para-hydroxylation sites is 1. The van der Waals surface area contributed by atoms with Gasteiger partial charge >= 0.3 is 0 Å². The molecular formula is C19H21ClN6O. The molecule has 1 aliphatic rings. The lowest BCUT2D eigenvalue weighted by atomic mass is 10.1. The van der Waals surface area contributed by atoms with Gasteiger partial charge in [0, 0.05) is 43.1 Å². The number of aryl methyl sites for hydroxylation is 2. The van der Waals surface area contributed by atoms with E-state index >= 15 is 0 Å². The van der Waals surface area contributed by atoms with Crippen molar-refractivity contribution in [1.82, 2.24) is 24.5 Å². The van der Waals surface area contributed by atoms with Crippen LogP contribution in [0.3, 0.4) is 0 Å². The molecular weight excluding hydrogens is 364 g/mol. The minimum absolute atomic E-state index is 0.112. The highest BCUT2D eigenvalue weighted by Gasteiger charge is 2.24. The summed E-state index contributed by atoms with van der Waals surface area (Å²) in [4.78, 5) is 25.6. The van der Waals surface area contributed by atoms with E-state index in [1.165, 1.54) is 6.33 Å². The van der Waals surface area contributed by atoms with Crippen molar-refractivity contribution < 1.29 is 4.79 Å². The van der Waals surface area contributed by atoms with Gasteiger partial charge in [0.2, 0.25) is 5.91 Å². The van der Waals surface area contributed by atoms with Crippen LogP contribution in [0.1, 0.15) is 17.0 Å². The summed E-state index contributed by atoms with van der Waals surface area (Å²) in [5, 5.41) is 4.94. The summed E-state index contributed by atoms with van der Waals surface area (Å²) in [6, 6.07) is 7.83. The molecule has 0 N–H and O–H groups in total. The van der Waals surface area contributed by atoms with Crippen LogP contribution in [0.4, 0.5) is 5.69 Å². The monoisotopic (exact) mass is 384 g/mol. The van der Waals surface area contributed by atoms with Gasteiger partial charge in [-0.1, -0.05) is 23.7 Å². The van der Waals surface area contributed by atoms with E-state index in [2.05, 4.69) is 20.0 Å². The number of nitrogens with zero attached hydrogens (tertiary/aromatic N) is 6. The van der Waals surface area contributed by atoms with E-state index in [-0.39, 0.29) is 5.91 Å². The van der Waals surface area contributed by atoms with E-state index in [9.17, 15) is 4.79 Å². The number of piperazine rings is 1. The highest BCUT2D eigenvalue weighted by atomic mass is 35.5. The molecule has 0 saturated carbocycles. The maximum atomic E-state index is 12.9. The van der Waals surface area contributed by atoms with Crippen molar-refractivity contribution in [3.05, 3.63) is 52.6 Å². The second-order valence-corrected chi connectivity index (χ2v) is 7.14. The average molecular weight is 385 g/mol. The third kappa shape index (κ3) is 3.35. The molecule has 2 aromatic heterocycles. The third-order valence-corrected chi connectivity index (χ3v) is 5.46. The van der Waals surface area contributed by atoms with Gasteiger partial charge < -0.3 is 9.80 Å². The molecule has 3 aromatic rings. The number of anilines is 1. The molecule has 1 fully saturated rings. The van der Waals surface area contributed by atoms with Gasteiger partial charge in [0.25, 0.3) is 5.78 Å². The van der Waals surface area contributed by atoms with Gasteiger partial charge in [-0.15, -0.1) is 0 Å². The van der Waals surface area contributed by atoms with Crippen molar-refractivity contribution in [1.29, 1.82) is 0 Å². The standard InChI is InChI=1S/C19H21ClN6O/c1-13-15(14(2)26-19(23-13)21-12-22-26)11-18(27)25-9-7-24(8-10-25)17-6-4-3-5-16(17)20/h3-6,12H,7-11H2,1-2H3. The van der Waals surface area contributed by atoms with Crippen LogP contribution in [0.5, 0.6) is 0 Å². The van der Waals surface area contributed by atoms with Gasteiger partial charge in [0.05, 0.1) is 17.1 Å². The van der Waals surface area contributed by atoms with Crippen LogP contribution in [0, 0.1) is 13.8 Å². The fourth-order valence-corrected chi connectivity index (χ4v) is 3.83. The molecule has 0 aliphatic carbocycles. The quantitative estimate of drug-likeness (QED) is 0.693. The molecule has 27 heavy (non-hydrogen) atoms. The zero-order valence-electron chi connectivity index (χ0n) is 15.4. The van der Waals surface area contributed by atoms with Crippen molar-refractivity contribution in [3.63, 3.8) is 0 Å². The molecule has 8 heteroatoms. The molecule has 1 aromatic carbocycles. The molecule has 1 aliphatic heterocycles. The molecule has 140 valence electrons. The minimum Gasteiger partial charge on any atom is -0.367 e. The number of benzene rings is 1. The van der Waals surface area contributed by atoms with E-state index in [0.29, 0.717) is 25.3 Å². The number of carbonyl (C=O) groups excluding carboxylic acids is 1. The lowest BCUT2D eigenvalue weighted by molar-refractivity contribution is -0.130. The molecule has 3 heterocycles. The predicted octanol–water partition coefficient (Wildman–Crippen LogP) is 2.29. The number of hydrogen-bond acceptors (Lipinski definition) is 5. The number of carbonyl (C=O) groups is 1. The lowest BCUT2D eigenvalue weighted by Gasteiger charge is -2.36. The first-order valence-electron chi connectivity index (χ1n) is 8.97. The topological polar surface area (TPSA) is 66.6 Å². The van der Waals surface area contributed by atoms with Crippen LogP contribution in [-0.2, 0) is 11.2 Å². The van der Waals surface area contributed by atoms with E-state index in [4.69, 9.17) is 11.6 Å². The Hall–Kier alpha value is -2.67. The number of aromatic nitrogens is 4. The van der Waals surface area contributed by atoms with Gasteiger partial charge in [0.1, 0.15) is 6.33 Å². The van der Waals surface area contributed by atoms with Crippen LogP contribution in [0.15, 0.2) is 30.6 Å². The first kappa shape index (κ1) is 17.7. The second-order valence-electron chi connectivity index (χ2n) is 6.73. The fraction of sp³-hybridized carbons (Fsp3) is 0.368. The van der Waals surface area contributed by atoms with Crippen molar-refractivity contribution in [2.75, 3.05) is 31.1 Å². The summed E-state index contributed by atoms with van der Waals surface area (Å²) in [5.74, 6) is 0.677. The maximum Gasteiger partial charge on any atom is 0.252 e. The Bertz CT molecular complexity index is 993. The van der Waals surface area contributed by atoms with Crippen LogP contribution in [0.25, 0.3) is 5.78 Å². The summed E-state index contributed by atoms with van der Waals surface area (Å²) in [6.07, 6.45) is 1.81. The SMILES string of the molecule is Cc1nc2ncnn2c(C)c1CC(=O)N1CCN(c2ccccc2Cl)CC1. The molecule has 0 radical (unpaired) electrons. The molecule has 0 unspecified atom stereocenters. The highest BCUT2D eigenvalue weighted by Crippen LogP contribution is 2.26. The molecule has 4 rings (SSSR count). The van der Waals surface area contributed by atoms with Crippen LogP contribution in [-0.4, -0.2) is 56.6 Å². The van der Waals surface area contributed by atoms with Crippen molar-refractivity contribution in [2.45, 2.75) is 20.3 Å². The Labute approximate surface area is 162 Å². The number of halogens is 1. The minimum atomic E-state index is 0.112. The predicted molar refractivity (Wildman–Crippen MR) is 104 cm³/mol. The van der Waals surface area contributed by atoms with E-state index < -0.39 is 0 Å². The zero-order chi connectivity index (χ0) is 19.0. The molecule has 0 atom stereocenters. The number of fused-ring (bicyclic) bond motifs is 1. The maximum absolute atomic E-state index is 12.9. The number of rotatable bonds is 3. The molecule has 7 nitrogen and oxygen atoms in total. The van der Waals surface area contributed by atoms with E-state index in [1.807, 2.05) is 43.0 Å². The summed E-state index contributed by atoms with van der Waals surface area (Å²) < 4.78 is 1.69. The van der Waals surface area contributed by atoms with Crippen LogP contribution < -0.4 is 4.90 Å². The molecule has 0 spiro atoms. The Morgan fingerprint density at radius 1 is 1.15 bits per heavy atom. The Morgan fingerprint density at radius 2 is 1.89 bits per heavy atom. The number of hydrogen-bond donors (Lipinski definition) is 0. The molecule has 0 bridgehead atoms. The average Bonchev–Trinajstić information content (AvgIpc) is 3.14. The summed E-state index contributed by atoms with van der Waals surface area (Å²) in [5.41, 5.74) is 3.69. The Balaban J connectivity index is 1.45. The van der Waals surface area contributed by atoms with Crippen LogP contribution in [0.2, 0.25) is 5.02 Å². The van der Waals surface area contributed by atoms with Crippen LogP contribution >= 0.6 is 11.6 Å². The first-order valence-corrected chi connectivity index (χ1v) is 9.35. The van der Waals surface area contributed by atoms with Gasteiger partial charge in [-0.2, -0.15) is 10.1 Å². The van der Waals surface area contributed by atoms with Gasteiger partial charge in [-0.25, -0.2) is 9.50 Å². The van der Waals surface area contributed by atoms with E-state index in [1.54, 1.807) is 4.52 Å². The largest absolute Gasteiger partial charge is 0.367 e. The Morgan fingerprint density at radius 3 is 2.63 bits per heavy atom. The second kappa shape index (κ2) is 7.15. The normalized spacial score (nSPS) is 14.8. The Kier molecular flexibility index (Phi) is 4.70. The smallest absolute Gasteiger partial charge is 0.252 e. The summed E-state index contributed by atoms with van der Waals surface area (Å²) >= 11 is 6.29. The first-order chi connectivity index (χ1) is 13.0.